The molecule has 1 aromatic carbocycles. The number of anilines is 1. The lowest BCUT2D eigenvalue weighted by atomic mass is 10.0. The van der Waals surface area contributed by atoms with Gasteiger partial charge in [-0.05, 0) is 37.0 Å². The molecule has 3 rings (SSSR count). The summed E-state index contributed by atoms with van der Waals surface area (Å²) in [6.07, 6.45) is 2.96. The Balaban J connectivity index is 1.59. The van der Waals surface area contributed by atoms with Gasteiger partial charge in [-0.25, -0.2) is 0 Å². The van der Waals surface area contributed by atoms with Crippen LogP contribution in [0.1, 0.15) is 38.7 Å². The highest BCUT2D eigenvalue weighted by Gasteiger charge is 2.42. The maximum atomic E-state index is 12.6. The first-order chi connectivity index (χ1) is 12.5. The normalized spacial score (nSPS) is 22.1. The monoisotopic (exact) mass is 357 g/mol. The predicted molar refractivity (Wildman–Crippen MR) is 104 cm³/mol. The number of primary amides is 1. The Morgan fingerprint density at radius 2 is 1.77 bits per heavy atom. The molecule has 2 atom stereocenters. The molecule has 0 radical (unpaired) electrons. The SMILES string of the molecule is CCC(CC)C(=O)N1CC2CN(c3cccc(CCC(N)=O)c3)CC2C1. The summed E-state index contributed by atoms with van der Waals surface area (Å²) in [5.74, 6) is 1.43. The topological polar surface area (TPSA) is 66.6 Å². The van der Waals surface area contributed by atoms with E-state index in [9.17, 15) is 9.59 Å². The molecule has 2 N–H and O–H groups in total. The van der Waals surface area contributed by atoms with Gasteiger partial charge in [0.05, 0.1) is 0 Å². The zero-order valence-corrected chi connectivity index (χ0v) is 16.0. The average Bonchev–Trinajstić information content (AvgIpc) is 3.20. The molecule has 2 amide bonds. The number of nitrogens with two attached hydrogens (primary N) is 1. The van der Waals surface area contributed by atoms with Gasteiger partial charge in [0, 0.05) is 56.0 Å². The fourth-order valence-electron chi connectivity index (χ4n) is 4.46. The van der Waals surface area contributed by atoms with Crippen molar-refractivity contribution >= 4 is 17.5 Å². The number of fused-ring (bicyclic) bond motifs is 1. The molecule has 0 saturated carbocycles. The molecule has 2 aliphatic heterocycles. The van der Waals surface area contributed by atoms with Crippen LogP contribution in [0.5, 0.6) is 0 Å². The quantitative estimate of drug-likeness (QED) is 0.815. The molecular weight excluding hydrogens is 326 g/mol. The molecule has 0 aliphatic carbocycles. The molecule has 0 aromatic heterocycles. The Morgan fingerprint density at radius 3 is 2.35 bits per heavy atom. The number of nitrogens with zero attached hydrogens (tertiary/aromatic N) is 2. The van der Waals surface area contributed by atoms with Gasteiger partial charge in [0.1, 0.15) is 0 Å². The molecule has 0 spiro atoms. The Kier molecular flexibility index (Phi) is 5.84. The Bertz CT molecular complexity index is 642. The number of hydrogen-bond donors (Lipinski definition) is 1. The highest BCUT2D eigenvalue weighted by molar-refractivity contribution is 5.79. The second kappa shape index (κ2) is 8.11. The number of hydrogen-bond acceptors (Lipinski definition) is 3. The van der Waals surface area contributed by atoms with Gasteiger partial charge in [0.15, 0.2) is 0 Å². The van der Waals surface area contributed by atoms with Gasteiger partial charge in [-0.3, -0.25) is 9.59 Å². The molecule has 5 heteroatoms. The fourth-order valence-corrected chi connectivity index (χ4v) is 4.46. The number of benzene rings is 1. The van der Waals surface area contributed by atoms with Crippen molar-refractivity contribution in [1.82, 2.24) is 4.90 Å². The van der Waals surface area contributed by atoms with Crippen LogP contribution in [0.15, 0.2) is 24.3 Å². The molecular formula is C21H31N3O2. The number of rotatable bonds is 7. The number of amides is 2. The van der Waals surface area contributed by atoms with Gasteiger partial charge in [0.25, 0.3) is 0 Å². The summed E-state index contributed by atoms with van der Waals surface area (Å²) in [5.41, 5.74) is 7.64. The second-order valence-corrected chi connectivity index (χ2v) is 7.82. The number of likely N-dealkylation sites (tertiary alicyclic amines) is 1. The molecule has 2 fully saturated rings. The first kappa shape index (κ1) is 18.7. The van der Waals surface area contributed by atoms with E-state index in [4.69, 9.17) is 5.73 Å². The first-order valence-corrected chi connectivity index (χ1v) is 9.92. The van der Waals surface area contributed by atoms with Crippen LogP contribution in [0, 0.1) is 17.8 Å². The maximum Gasteiger partial charge on any atom is 0.225 e. The Hall–Kier alpha value is -2.04. The smallest absolute Gasteiger partial charge is 0.225 e. The molecule has 5 nitrogen and oxygen atoms in total. The number of carbonyl (C=O) groups is 2. The van der Waals surface area contributed by atoms with Gasteiger partial charge < -0.3 is 15.5 Å². The van der Waals surface area contributed by atoms with E-state index in [0.29, 0.717) is 30.6 Å². The van der Waals surface area contributed by atoms with Gasteiger partial charge >= 0.3 is 0 Å². The van der Waals surface area contributed by atoms with E-state index in [1.165, 1.54) is 5.69 Å². The summed E-state index contributed by atoms with van der Waals surface area (Å²) in [6.45, 7) is 8.04. The third-order valence-electron chi connectivity index (χ3n) is 6.07. The summed E-state index contributed by atoms with van der Waals surface area (Å²) in [7, 11) is 0. The molecule has 26 heavy (non-hydrogen) atoms. The Labute approximate surface area is 156 Å². The minimum absolute atomic E-state index is 0.187. The predicted octanol–water partition coefficient (Wildman–Crippen LogP) is 2.44. The van der Waals surface area contributed by atoms with E-state index in [1.807, 2.05) is 0 Å². The van der Waals surface area contributed by atoms with Crippen LogP contribution < -0.4 is 10.6 Å². The molecule has 0 bridgehead atoms. The van der Waals surface area contributed by atoms with E-state index in [2.05, 4.69) is 47.9 Å². The third kappa shape index (κ3) is 4.02. The summed E-state index contributed by atoms with van der Waals surface area (Å²) in [6, 6.07) is 8.43. The van der Waals surface area contributed by atoms with Crippen LogP contribution in [-0.2, 0) is 16.0 Å². The van der Waals surface area contributed by atoms with Crippen molar-refractivity contribution in [2.45, 2.75) is 39.5 Å². The summed E-state index contributed by atoms with van der Waals surface area (Å²) in [5, 5.41) is 0. The minimum Gasteiger partial charge on any atom is -0.371 e. The van der Waals surface area contributed by atoms with Crippen LogP contribution >= 0.6 is 0 Å². The van der Waals surface area contributed by atoms with Gasteiger partial charge in [0.2, 0.25) is 11.8 Å². The highest BCUT2D eigenvalue weighted by Crippen LogP contribution is 2.35. The molecule has 2 heterocycles. The summed E-state index contributed by atoms with van der Waals surface area (Å²) in [4.78, 5) is 28.2. The zero-order chi connectivity index (χ0) is 18.7. The highest BCUT2D eigenvalue weighted by atomic mass is 16.2. The molecule has 2 saturated heterocycles. The van der Waals surface area contributed by atoms with Crippen LogP contribution in [0.4, 0.5) is 5.69 Å². The lowest BCUT2D eigenvalue weighted by Crippen LogP contribution is -2.37. The Morgan fingerprint density at radius 1 is 1.12 bits per heavy atom. The van der Waals surface area contributed by atoms with E-state index in [1.54, 1.807) is 0 Å². The summed E-state index contributed by atoms with van der Waals surface area (Å²) < 4.78 is 0. The maximum absolute atomic E-state index is 12.6. The van der Waals surface area contributed by atoms with Crippen LogP contribution in [0.3, 0.4) is 0 Å². The van der Waals surface area contributed by atoms with Crippen molar-refractivity contribution in [2.75, 3.05) is 31.1 Å². The van der Waals surface area contributed by atoms with E-state index in [0.717, 1.165) is 44.6 Å². The van der Waals surface area contributed by atoms with Crippen LogP contribution in [-0.4, -0.2) is 42.9 Å². The van der Waals surface area contributed by atoms with Crippen molar-refractivity contribution in [3.8, 4) is 0 Å². The van der Waals surface area contributed by atoms with Crippen molar-refractivity contribution < 1.29 is 9.59 Å². The van der Waals surface area contributed by atoms with Gasteiger partial charge in [-0.1, -0.05) is 26.0 Å². The van der Waals surface area contributed by atoms with Crippen molar-refractivity contribution in [1.29, 1.82) is 0 Å². The molecule has 2 aliphatic rings. The number of carbonyl (C=O) groups excluding carboxylic acids is 2. The lowest BCUT2D eigenvalue weighted by Gasteiger charge is -2.26. The van der Waals surface area contributed by atoms with E-state index >= 15 is 0 Å². The zero-order valence-electron chi connectivity index (χ0n) is 16.0. The third-order valence-corrected chi connectivity index (χ3v) is 6.07. The van der Waals surface area contributed by atoms with Crippen molar-refractivity contribution in [2.24, 2.45) is 23.5 Å². The van der Waals surface area contributed by atoms with Gasteiger partial charge in [-0.15, -0.1) is 0 Å². The minimum atomic E-state index is -0.256. The van der Waals surface area contributed by atoms with Gasteiger partial charge in [-0.2, -0.15) is 0 Å². The van der Waals surface area contributed by atoms with E-state index in [-0.39, 0.29) is 11.8 Å². The molecule has 1 aromatic rings. The standard InChI is InChI=1S/C21H31N3O2/c1-3-16(4-2)21(26)24-13-17-11-23(12-18(17)14-24)19-7-5-6-15(10-19)8-9-20(22)25/h5-7,10,16-18H,3-4,8-9,11-14H2,1-2H3,(H2,22,25). The second-order valence-electron chi connectivity index (χ2n) is 7.82. The largest absolute Gasteiger partial charge is 0.371 e. The first-order valence-electron chi connectivity index (χ1n) is 9.92. The number of aryl methyl sites for hydroxylation is 1. The summed E-state index contributed by atoms with van der Waals surface area (Å²) >= 11 is 0. The lowest BCUT2D eigenvalue weighted by molar-refractivity contribution is -0.135. The fraction of sp³-hybridized carbons (Fsp3) is 0.619. The van der Waals surface area contributed by atoms with Crippen molar-refractivity contribution in [3.05, 3.63) is 29.8 Å². The molecule has 142 valence electrons. The van der Waals surface area contributed by atoms with E-state index < -0.39 is 0 Å². The van der Waals surface area contributed by atoms with Crippen LogP contribution in [0.25, 0.3) is 0 Å². The molecule has 2 unspecified atom stereocenters. The van der Waals surface area contributed by atoms with Crippen LogP contribution in [0.2, 0.25) is 0 Å². The average molecular weight is 357 g/mol. The van der Waals surface area contributed by atoms with Crippen molar-refractivity contribution in [3.63, 3.8) is 0 Å².